The first-order valence-electron chi connectivity index (χ1n) is 10.2. The van der Waals surface area contributed by atoms with Gasteiger partial charge in [0.2, 0.25) is 5.89 Å². The smallest absolute Gasteiger partial charge is 0.277 e. The summed E-state index contributed by atoms with van der Waals surface area (Å²) >= 11 is 0. The molecule has 0 saturated carbocycles. The molecule has 0 unspecified atom stereocenters. The second kappa shape index (κ2) is 10.5. The number of rotatable bonds is 9. The second-order valence-electron chi connectivity index (χ2n) is 7.66. The first-order valence-corrected chi connectivity index (χ1v) is 10.2. The molecule has 3 rings (SSSR count). The molecule has 2 aromatic rings. The highest BCUT2D eigenvalue weighted by molar-refractivity contribution is 6.02. The van der Waals surface area contributed by atoms with Gasteiger partial charge in [-0.05, 0) is 37.5 Å². The Balaban J connectivity index is 1.47. The number of allylic oxidation sites excluding steroid dienone is 1. The van der Waals surface area contributed by atoms with Crippen LogP contribution in [-0.2, 0) is 6.54 Å². The zero-order valence-electron chi connectivity index (χ0n) is 17.3. The van der Waals surface area contributed by atoms with E-state index < -0.39 is 11.7 Å². The van der Waals surface area contributed by atoms with Gasteiger partial charge in [0.25, 0.3) is 5.91 Å². The highest BCUT2D eigenvalue weighted by Gasteiger charge is 2.21. The van der Waals surface area contributed by atoms with Crippen LogP contribution < -0.4 is 5.32 Å². The van der Waals surface area contributed by atoms with Crippen LogP contribution in [-0.4, -0.2) is 64.6 Å². The molecule has 1 atom stereocenters. The lowest BCUT2D eigenvalue weighted by atomic mass is 10.1. The predicted molar refractivity (Wildman–Crippen MR) is 113 cm³/mol. The Morgan fingerprint density at radius 3 is 2.83 bits per heavy atom. The molecular weight excluding hydrogens is 387 g/mol. The predicted octanol–water partition coefficient (Wildman–Crippen LogP) is 2.82. The normalized spacial score (nSPS) is 16.4. The minimum Gasteiger partial charge on any atom is -0.447 e. The van der Waals surface area contributed by atoms with Gasteiger partial charge < -0.3 is 14.8 Å². The van der Waals surface area contributed by atoms with Crippen molar-refractivity contribution >= 4 is 11.6 Å². The van der Waals surface area contributed by atoms with Gasteiger partial charge in [-0.3, -0.25) is 14.6 Å². The second-order valence-corrected chi connectivity index (χ2v) is 7.66. The topological polar surface area (TPSA) is 81.8 Å². The van der Waals surface area contributed by atoms with Crippen molar-refractivity contribution in [1.29, 1.82) is 0 Å². The molecule has 0 bridgehead atoms. The number of carbonyl (C=O) groups is 1. The molecule has 1 aliphatic rings. The van der Waals surface area contributed by atoms with Gasteiger partial charge in [-0.1, -0.05) is 12.1 Å². The number of piperazine rings is 1. The first-order chi connectivity index (χ1) is 14.4. The van der Waals surface area contributed by atoms with Gasteiger partial charge in [-0.15, -0.1) is 6.58 Å². The van der Waals surface area contributed by atoms with Crippen molar-refractivity contribution in [2.75, 3.05) is 38.0 Å². The van der Waals surface area contributed by atoms with Crippen molar-refractivity contribution in [3.8, 4) is 0 Å². The van der Waals surface area contributed by atoms with E-state index in [-0.39, 0.29) is 17.5 Å². The van der Waals surface area contributed by atoms with E-state index in [1.165, 1.54) is 12.3 Å². The molecule has 0 spiro atoms. The van der Waals surface area contributed by atoms with E-state index in [9.17, 15) is 14.3 Å². The van der Waals surface area contributed by atoms with Gasteiger partial charge in [0.15, 0.2) is 5.69 Å². The molecule has 1 aromatic carbocycles. The maximum absolute atomic E-state index is 13.8. The van der Waals surface area contributed by atoms with Crippen molar-refractivity contribution < 1.29 is 18.7 Å². The summed E-state index contributed by atoms with van der Waals surface area (Å²) in [7, 11) is 0. The third-order valence-corrected chi connectivity index (χ3v) is 5.15. The summed E-state index contributed by atoms with van der Waals surface area (Å²) in [5, 5.41) is 12.6. The standard InChI is InChI=1S/C22H29FN4O3/c1-3-4-5-17(28)13-26-8-10-27(11-9-26)14-21-24-20(15-30-21)22(29)25-19-12-16(2)6-7-18(19)23/h3,6-7,12,15,17,28H,1,4-5,8-11,13-14H2,2H3,(H,25,29)/t17-/m0/s1. The lowest BCUT2D eigenvalue weighted by molar-refractivity contribution is 0.0642. The molecule has 0 radical (unpaired) electrons. The van der Waals surface area contributed by atoms with Crippen LogP contribution in [0.4, 0.5) is 10.1 Å². The molecule has 1 amide bonds. The van der Waals surface area contributed by atoms with Gasteiger partial charge in [-0.2, -0.15) is 0 Å². The molecule has 1 aliphatic heterocycles. The molecule has 8 heteroatoms. The number of β-amino-alcohol motifs (C(OH)–C–C–N with tert-alkyl or cyclic N) is 1. The molecule has 1 aromatic heterocycles. The molecule has 7 nitrogen and oxygen atoms in total. The van der Waals surface area contributed by atoms with E-state index in [1.54, 1.807) is 12.1 Å². The maximum Gasteiger partial charge on any atom is 0.277 e. The first kappa shape index (κ1) is 22.1. The fourth-order valence-electron chi connectivity index (χ4n) is 3.43. The number of aromatic nitrogens is 1. The lowest BCUT2D eigenvalue weighted by Crippen LogP contribution is -2.48. The summed E-state index contributed by atoms with van der Waals surface area (Å²) in [6.45, 7) is 10.0. The maximum atomic E-state index is 13.8. The van der Waals surface area contributed by atoms with Crippen LogP contribution in [0.5, 0.6) is 0 Å². The van der Waals surface area contributed by atoms with Gasteiger partial charge >= 0.3 is 0 Å². The van der Waals surface area contributed by atoms with Crippen LogP contribution in [0, 0.1) is 12.7 Å². The Kier molecular flexibility index (Phi) is 7.73. The van der Waals surface area contributed by atoms with E-state index in [4.69, 9.17) is 4.42 Å². The third kappa shape index (κ3) is 6.22. The minimum atomic E-state index is -0.507. The zero-order chi connectivity index (χ0) is 21.5. The van der Waals surface area contributed by atoms with Gasteiger partial charge in [0.05, 0.1) is 18.3 Å². The Morgan fingerprint density at radius 2 is 2.10 bits per heavy atom. The van der Waals surface area contributed by atoms with Gasteiger partial charge in [-0.25, -0.2) is 9.37 Å². The van der Waals surface area contributed by atoms with Crippen LogP contribution in [0.2, 0.25) is 0 Å². The number of aliphatic hydroxyl groups is 1. The van der Waals surface area contributed by atoms with Crippen molar-refractivity contribution in [3.05, 3.63) is 60.1 Å². The number of hydrogen-bond acceptors (Lipinski definition) is 6. The summed E-state index contributed by atoms with van der Waals surface area (Å²) < 4.78 is 19.3. The number of anilines is 1. The van der Waals surface area contributed by atoms with Crippen molar-refractivity contribution in [1.82, 2.24) is 14.8 Å². The molecule has 162 valence electrons. The molecule has 2 heterocycles. The lowest BCUT2D eigenvalue weighted by Gasteiger charge is -2.34. The largest absolute Gasteiger partial charge is 0.447 e. The molecule has 30 heavy (non-hydrogen) atoms. The van der Waals surface area contributed by atoms with Crippen molar-refractivity contribution in [2.24, 2.45) is 0 Å². The van der Waals surface area contributed by atoms with Crippen LogP contribution in [0.15, 0.2) is 41.5 Å². The SMILES string of the molecule is C=CCC[C@H](O)CN1CCN(Cc2nc(C(=O)Nc3cc(C)ccc3F)co2)CC1. The number of hydrogen-bond donors (Lipinski definition) is 2. The molecular formula is C22H29FN4O3. The summed E-state index contributed by atoms with van der Waals surface area (Å²) in [5.41, 5.74) is 1.09. The van der Waals surface area contributed by atoms with Crippen LogP contribution in [0.1, 0.15) is 34.8 Å². The number of oxazole rings is 1. The summed E-state index contributed by atoms with van der Waals surface area (Å²) in [4.78, 5) is 21.0. The highest BCUT2D eigenvalue weighted by Crippen LogP contribution is 2.17. The van der Waals surface area contributed by atoms with Crippen LogP contribution in [0.25, 0.3) is 0 Å². The average Bonchev–Trinajstić information content (AvgIpc) is 3.19. The summed E-state index contributed by atoms with van der Waals surface area (Å²) in [6, 6.07) is 4.53. The Morgan fingerprint density at radius 1 is 1.37 bits per heavy atom. The Hall–Kier alpha value is -2.55. The quantitative estimate of drug-likeness (QED) is 0.612. The number of carbonyl (C=O) groups excluding carboxylic acids is 1. The number of aryl methyl sites for hydroxylation is 1. The van der Waals surface area contributed by atoms with Crippen LogP contribution >= 0.6 is 0 Å². The summed E-state index contributed by atoms with van der Waals surface area (Å²) in [6.07, 6.45) is 4.34. The monoisotopic (exact) mass is 416 g/mol. The zero-order valence-corrected chi connectivity index (χ0v) is 17.3. The Bertz CT molecular complexity index is 862. The van der Waals surface area contributed by atoms with Gasteiger partial charge in [0.1, 0.15) is 12.1 Å². The van der Waals surface area contributed by atoms with E-state index in [0.29, 0.717) is 19.0 Å². The van der Waals surface area contributed by atoms with E-state index in [2.05, 4.69) is 26.7 Å². The van der Waals surface area contributed by atoms with E-state index in [0.717, 1.165) is 44.6 Å². The van der Waals surface area contributed by atoms with Crippen molar-refractivity contribution in [2.45, 2.75) is 32.4 Å². The van der Waals surface area contributed by atoms with E-state index in [1.807, 2.05) is 13.0 Å². The summed E-state index contributed by atoms with van der Waals surface area (Å²) in [5.74, 6) is -0.553. The molecule has 0 aliphatic carbocycles. The fourth-order valence-corrected chi connectivity index (χ4v) is 3.43. The third-order valence-electron chi connectivity index (χ3n) is 5.15. The number of halogens is 1. The minimum absolute atomic E-state index is 0.120. The number of amides is 1. The number of nitrogens with one attached hydrogen (secondary N) is 1. The number of aliphatic hydroxyl groups excluding tert-OH is 1. The van der Waals surface area contributed by atoms with Crippen molar-refractivity contribution in [3.63, 3.8) is 0 Å². The number of nitrogens with zero attached hydrogens (tertiary/aromatic N) is 3. The van der Waals surface area contributed by atoms with Crippen LogP contribution in [0.3, 0.4) is 0 Å². The van der Waals surface area contributed by atoms with E-state index >= 15 is 0 Å². The molecule has 2 N–H and O–H groups in total. The average molecular weight is 416 g/mol. The number of benzene rings is 1. The Labute approximate surface area is 176 Å². The highest BCUT2D eigenvalue weighted by atomic mass is 19.1. The molecule has 1 fully saturated rings. The van der Waals surface area contributed by atoms with Gasteiger partial charge in [0, 0.05) is 32.7 Å². The fraction of sp³-hybridized carbons (Fsp3) is 0.455. The molecule has 1 saturated heterocycles.